The molecule has 0 aliphatic rings. The lowest BCUT2D eigenvalue weighted by atomic mass is 10.1. The van der Waals surface area contributed by atoms with Gasteiger partial charge in [-0.2, -0.15) is 5.26 Å². The summed E-state index contributed by atoms with van der Waals surface area (Å²) in [6.45, 7) is 0. The first-order chi connectivity index (χ1) is 11.7. The van der Waals surface area contributed by atoms with Gasteiger partial charge in [0.15, 0.2) is 11.5 Å². The molecule has 1 heterocycles. The molecule has 0 fully saturated rings. The van der Waals surface area contributed by atoms with Gasteiger partial charge in [0.1, 0.15) is 5.82 Å². The highest BCUT2D eigenvalue weighted by atomic mass is 16.5. The van der Waals surface area contributed by atoms with Crippen LogP contribution < -0.4 is 9.47 Å². The third-order valence-electron chi connectivity index (χ3n) is 3.91. The molecule has 3 aromatic rings. The molecule has 0 saturated carbocycles. The van der Waals surface area contributed by atoms with E-state index in [0.29, 0.717) is 17.1 Å². The van der Waals surface area contributed by atoms with E-state index in [0.717, 1.165) is 22.4 Å². The van der Waals surface area contributed by atoms with Gasteiger partial charge in [0.2, 0.25) is 0 Å². The maximum absolute atomic E-state index is 9.57. The molecule has 24 heavy (non-hydrogen) atoms. The van der Waals surface area contributed by atoms with Gasteiger partial charge in [-0.3, -0.25) is 0 Å². The molecule has 3 rings (SSSR count). The van der Waals surface area contributed by atoms with Crippen LogP contribution in [0.25, 0.3) is 22.7 Å². The minimum atomic E-state index is 0.509. The number of aryl methyl sites for hydroxylation is 1. The molecule has 0 atom stereocenters. The number of methoxy groups -OCH3 is 2. The van der Waals surface area contributed by atoms with Crippen molar-refractivity contribution in [3.8, 4) is 17.6 Å². The number of benzene rings is 2. The van der Waals surface area contributed by atoms with Crippen molar-refractivity contribution >= 4 is 22.7 Å². The van der Waals surface area contributed by atoms with Crippen LogP contribution in [0.2, 0.25) is 0 Å². The van der Waals surface area contributed by atoms with Gasteiger partial charge in [0.25, 0.3) is 0 Å². The lowest BCUT2D eigenvalue weighted by molar-refractivity contribution is 0.355. The Balaban J connectivity index is 2.09. The molecule has 0 saturated heterocycles. The van der Waals surface area contributed by atoms with E-state index in [1.54, 1.807) is 32.4 Å². The van der Waals surface area contributed by atoms with Gasteiger partial charge in [-0.05, 0) is 42.0 Å². The Morgan fingerprint density at radius 1 is 1.12 bits per heavy atom. The first-order valence-electron chi connectivity index (χ1n) is 7.43. The number of imidazole rings is 1. The largest absolute Gasteiger partial charge is 0.493 e. The van der Waals surface area contributed by atoms with Crippen LogP contribution in [0.1, 0.15) is 11.4 Å². The van der Waals surface area contributed by atoms with Crippen molar-refractivity contribution in [2.24, 2.45) is 7.05 Å². The summed E-state index contributed by atoms with van der Waals surface area (Å²) in [6.07, 6.45) is 1.78. The molecule has 5 heteroatoms. The van der Waals surface area contributed by atoms with Gasteiger partial charge in [0.05, 0.1) is 36.9 Å². The number of para-hydroxylation sites is 2. The van der Waals surface area contributed by atoms with E-state index in [1.165, 1.54) is 0 Å². The molecule has 2 aromatic carbocycles. The number of fused-ring (bicyclic) bond motifs is 1. The Morgan fingerprint density at radius 3 is 2.54 bits per heavy atom. The SMILES string of the molecule is COc1ccc(/C(C#N)=C/c2nc3ccccc3n2C)cc1OC. The number of hydrogen-bond donors (Lipinski definition) is 0. The Bertz CT molecular complexity index is 964. The predicted octanol–water partition coefficient (Wildman–Crippen LogP) is 3.65. The molecule has 0 amide bonds. The summed E-state index contributed by atoms with van der Waals surface area (Å²) >= 11 is 0. The van der Waals surface area contributed by atoms with Crippen LogP contribution in [0.3, 0.4) is 0 Å². The monoisotopic (exact) mass is 319 g/mol. The standard InChI is InChI=1S/C19H17N3O2/c1-22-16-7-5-4-6-15(16)21-19(22)11-14(12-20)13-8-9-17(23-2)18(10-13)24-3/h4-11H,1-3H3/b14-11+. The highest BCUT2D eigenvalue weighted by Crippen LogP contribution is 2.31. The molecule has 1 aromatic heterocycles. The van der Waals surface area contributed by atoms with Crippen molar-refractivity contribution in [3.63, 3.8) is 0 Å². The first kappa shape index (κ1) is 15.6. The van der Waals surface area contributed by atoms with Gasteiger partial charge in [-0.1, -0.05) is 12.1 Å². The van der Waals surface area contributed by atoms with Crippen LogP contribution in [0.4, 0.5) is 0 Å². The number of hydrogen-bond acceptors (Lipinski definition) is 4. The van der Waals surface area contributed by atoms with E-state index >= 15 is 0 Å². The molecule has 0 radical (unpaired) electrons. The van der Waals surface area contributed by atoms with Crippen molar-refractivity contribution in [2.75, 3.05) is 14.2 Å². The summed E-state index contributed by atoms with van der Waals surface area (Å²) in [6, 6.07) is 15.5. The van der Waals surface area contributed by atoms with Crippen LogP contribution in [-0.2, 0) is 7.05 Å². The van der Waals surface area contributed by atoms with Crippen molar-refractivity contribution in [2.45, 2.75) is 0 Å². The van der Waals surface area contributed by atoms with Crippen LogP contribution in [0, 0.1) is 11.3 Å². The second kappa shape index (κ2) is 6.47. The maximum Gasteiger partial charge on any atom is 0.161 e. The van der Waals surface area contributed by atoms with E-state index in [-0.39, 0.29) is 0 Å². The molecule has 0 spiro atoms. The third kappa shape index (κ3) is 2.70. The molecular weight excluding hydrogens is 302 g/mol. The molecule has 0 aliphatic carbocycles. The third-order valence-corrected chi connectivity index (χ3v) is 3.91. The molecule has 0 bridgehead atoms. The topological polar surface area (TPSA) is 60.1 Å². The summed E-state index contributed by atoms with van der Waals surface area (Å²) in [5.74, 6) is 1.94. The quantitative estimate of drug-likeness (QED) is 0.689. The molecule has 0 aliphatic heterocycles. The summed E-state index contributed by atoms with van der Waals surface area (Å²) in [7, 11) is 5.09. The molecule has 5 nitrogen and oxygen atoms in total. The van der Waals surface area contributed by atoms with Crippen molar-refractivity contribution in [1.29, 1.82) is 5.26 Å². The van der Waals surface area contributed by atoms with Crippen LogP contribution >= 0.6 is 0 Å². The average molecular weight is 319 g/mol. The van der Waals surface area contributed by atoms with E-state index in [4.69, 9.17) is 9.47 Å². The van der Waals surface area contributed by atoms with Gasteiger partial charge in [0, 0.05) is 7.05 Å². The Hall–Kier alpha value is -3.26. The van der Waals surface area contributed by atoms with Gasteiger partial charge in [-0.15, -0.1) is 0 Å². The number of ether oxygens (including phenoxy) is 2. The predicted molar refractivity (Wildman–Crippen MR) is 93.7 cm³/mol. The fourth-order valence-electron chi connectivity index (χ4n) is 2.61. The Kier molecular flexibility index (Phi) is 4.21. The molecule has 0 N–H and O–H groups in total. The summed E-state index contributed by atoms with van der Waals surface area (Å²) in [5, 5.41) is 9.57. The molecular formula is C19H17N3O2. The summed E-state index contributed by atoms with van der Waals surface area (Å²) in [4.78, 5) is 4.58. The zero-order valence-corrected chi connectivity index (χ0v) is 13.8. The number of rotatable bonds is 4. The number of aromatic nitrogens is 2. The highest BCUT2D eigenvalue weighted by molar-refractivity contribution is 5.90. The van der Waals surface area contributed by atoms with E-state index in [9.17, 15) is 5.26 Å². The van der Waals surface area contributed by atoms with Gasteiger partial charge in [-0.25, -0.2) is 4.98 Å². The average Bonchev–Trinajstić information content (AvgIpc) is 2.95. The van der Waals surface area contributed by atoms with E-state index in [2.05, 4.69) is 11.1 Å². The van der Waals surface area contributed by atoms with Crippen LogP contribution in [-0.4, -0.2) is 23.8 Å². The highest BCUT2D eigenvalue weighted by Gasteiger charge is 2.10. The first-order valence-corrected chi connectivity index (χ1v) is 7.43. The number of allylic oxidation sites excluding steroid dienone is 1. The lowest BCUT2D eigenvalue weighted by Gasteiger charge is -2.09. The van der Waals surface area contributed by atoms with Crippen molar-refractivity contribution in [1.82, 2.24) is 9.55 Å². The fourth-order valence-corrected chi connectivity index (χ4v) is 2.61. The maximum atomic E-state index is 9.57. The fraction of sp³-hybridized carbons (Fsp3) is 0.158. The van der Waals surface area contributed by atoms with Crippen molar-refractivity contribution < 1.29 is 9.47 Å². The lowest BCUT2D eigenvalue weighted by Crippen LogP contribution is -1.94. The zero-order chi connectivity index (χ0) is 17.1. The van der Waals surface area contributed by atoms with Crippen LogP contribution in [0.15, 0.2) is 42.5 Å². The smallest absolute Gasteiger partial charge is 0.161 e. The summed E-state index contributed by atoms with van der Waals surface area (Å²) < 4.78 is 12.5. The summed E-state index contributed by atoms with van der Waals surface area (Å²) in [5.41, 5.74) is 3.18. The second-order valence-electron chi connectivity index (χ2n) is 5.26. The van der Waals surface area contributed by atoms with Crippen LogP contribution in [0.5, 0.6) is 11.5 Å². The second-order valence-corrected chi connectivity index (χ2v) is 5.26. The minimum absolute atomic E-state index is 0.509. The Labute approximate surface area is 140 Å². The number of nitriles is 1. The normalized spacial score (nSPS) is 11.3. The molecule has 0 unspecified atom stereocenters. The van der Waals surface area contributed by atoms with E-state index < -0.39 is 0 Å². The van der Waals surface area contributed by atoms with Crippen molar-refractivity contribution in [3.05, 3.63) is 53.9 Å². The molecule has 120 valence electrons. The number of nitrogens with zero attached hydrogens (tertiary/aromatic N) is 3. The minimum Gasteiger partial charge on any atom is -0.493 e. The Morgan fingerprint density at radius 2 is 1.88 bits per heavy atom. The van der Waals surface area contributed by atoms with Gasteiger partial charge >= 0.3 is 0 Å². The zero-order valence-electron chi connectivity index (χ0n) is 13.8. The van der Waals surface area contributed by atoms with E-state index in [1.807, 2.05) is 41.9 Å². The van der Waals surface area contributed by atoms with Gasteiger partial charge < -0.3 is 14.0 Å².